The van der Waals surface area contributed by atoms with Gasteiger partial charge in [-0.05, 0) is 32.5 Å². The minimum absolute atomic E-state index is 0.278. The van der Waals surface area contributed by atoms with E-state index in [2.05, 4.69) is 158 Å². The van der Waals surface area contributed by atoms with Crippen LogP contribution in [0, 0.1) is 0 Å². The average Bonchev–Trinajstić information content (AvgIpc) is 2.98. The molecule has 0 spiro atoms. The number of hydrogen-bond acceptors (Lipinski definition) is 2. The Balaban J connectivity index is 1.87. The molecule has 0 aromatic heterocycles. The molecule has 0 saturated heterocycles. The summed E-state index contributed by atoms with van der Waals surface area (Å²) in [4.78, 5) is 0. The zero-order chi connectivity index (χ0) is 24.7. The van der Waals surface area contributed by atoms with Gasteiger partial charge in [-0.2, -0.15) is 0 Å². The highest BCUT2D eigenvalue weighted by molar-refractivity contribution is 7.13. The van der Waals surface area contributed by atoms with E-state index in [1.165, 1.54) is 15.6 Å². The van der Waals surface area contributed by atoms with E-state index >= 15 is 0 Å². The normalized spacial score (nSPS) is 11.8. The van der Waals surface area contributed by atoms with Crippen LogP contribution in [0.15, 0.2) is 152 Å². The molecule has 0 atom stereocenters. The van der Waals surface area contributed by atoms with Gasteiger partial charge in [-0.15, -0.1) is 0 Å². The molecule has 0 aliphatic carbocycles. The molecule has 5 aromatic rings. The van der Waals surface area contributed by atoms with Crippen LogP contribution < -0.4 is 25.9 Å². The third-order valence-corrected chi connectivity index (χ3v) is 16.4. The van der Waals surface area contributed by atoms with E-state index in [9.17, 15) is 0 Å². The van der Waals surface area contributed by atoms with Crippen LogP contribution in [0.25, 0.3) is 0 Å². The molecular weight excluding hydrogens is 489 g/mol. The van der Waals surface area contributed by atoms with Crippen LogP contribution in [0.2, 0.25) is 6.55 Å². The first-order valence-corrected chi connectivity index (χ1v) is 17.3. The maximum Gasteiger partial charge on any atom is 0.387 e. The van der Waals surface area contributed by atoms with Crippen LogP contribution in [-0.2, 0) is 8.23 Å². The van der Waals surface area contributed by atoms with Gasteiger partial charge in [0.25, 0.3) is 8.32 Å². The van der Waals surface area contributed by atoms with Crippen LogP contribution in [0.4, 0.5) is 0 Å². The zero-order valence-electron chi connectivity index (χ0n) is 20.3. The SMILES string of the molecule is C[Si]O[Si](O[Si](c1ccccc1)(c1ccccc1)c1ccccc1)(c1ccccc1)c1ccccc1. The van der Waals surface area contributed by atoms with Gasteiger partial charge >= 0.3 is 8.56 Å². The van der Waals surface area contributed by atoms with Gasteiger partial charge in [0.05, 0.1) is 0 Å². The summed E-state index contributed by atoms with van der Waals surface area (Å²) in [7, 11) is -5.90. The predicted molar refractivity (Wildman–Crippen MR) is 156 cm³/mol. The van der Waals surface area contributed by atoms with Crippen molar-refractivity contribution in [3.8, 4) is 0 Å². The summed E-state index contributed by atoms with van der Waals surface area (Å²) in [6, 6.07) is 53.3. The molecule has 2 nitrogen and oxygen atoms in total. The lowest BCUT2D eigenvalue weighted by atomic mass is 10.3. The van der Waals surface area contributed by atoms with Crippen LogP contribution >= 0.6 is 0 Å². The van der Waals surface area contributed by atoms with Crippen molar-refractivity contribution in [2.24, 2.45) is 0 Å². The molecule has 0 fully saturated rings. The second kappa shape index (κ2) is 11.2. The van der Waals surface area contributed by atoms with Crippen molar-refractivity contribution in [3.63, 3.8) is 0 Å². The predicted octanol–water partition coefficient (Wildman–Crippen LogP) is 3.61. The molecule has 36 heavy (non-hydrogen) atoms. The molecule has 0 unspecified atom stereocenters. The van der Waals surface area contributed by atoms with Crippen molar-refractivity contribution in [3.05, 3.63) is 152 Å². The second-order valence-electron chi connectivity index (χ2n) is 8.54. The third-order valence-electron chi connectivity index (χ3n) is 6.39. The van der Waals surface area contributed by atoms with Crippen molar-refractivity contribution >= 4 is 52.6 Å². The first-order chi connectivity index (χ1) is 17.8. The Morgan fingerprint density at radius 3 is 0.972 bits per heavy atom. The van der Waals surface area contributed by atoms with E-state index < -0.39 is 16.9 Å². The Labute approximate surface area is 218 Å². The first kappa shape index (κ1) is 24.4. The maximum absolute atomic E-state index is 7.86. The Kier molecular flexibility index (Phi) is 7.55. The lowest BCUT2D eigenvalue weighted by molar-refractivity contribution is 0.440. The van der Waals surface area contributed by atoms with E-state index in [1.54, 1.807) is 0 Å². The zero-order valence-corrected chi connectivity index (χ0v) is 23.3. The van der Waals surface area contributed by atoms with E-state index in [0.29, 0.717) is 0 Å². The van der Waals surface area contributed by atoms with Crippen molar-refractivity contribution in [2.75, 3.05) is 0 Å². The van der Waals surface area contributed by atoms with Gasteiger partial charge in [0, 0.05) is 0 Å². The summed E-state index contributed by atoms with van der Waals surface area (Å²) in [5.74, 6) is 0. The maximum atomic E-state index is 7.86. The molecule has 2 radical (unpaired) electrons. The van der Waals surface area contributed by atoms with Gasteiger partial charge in [0.1, 0.15) is 0 Å². The number of hydrogen-bond donors (Lipinski definition) is 0. The van der Waals surface area contributed by atoms with E-state index in [1.807, 2.05) is 0 Å². The van der Waals surface area contributed by atoms with Gasteiger partial charge in [-0.25, -0.2) is 0 Å². The molecule has 0 aliphatic rings. The molecule has 0 heterocycles. The van der Waals surface area contributed by atoms with Gasteiger partial charge < -0.3 is 8.23 Å². The summed E-state index contributed by atoms with van der Waals surface area (Å²) in [5.41, 5.74) is 0. The largest absolute Gasteiger partial charge is 0.430 e. The molecule has 0 N–H and O–H groups in total. The Hall–Kier alpha value is -3.33. The van der Waals surface area contributed by atoms with Crippen LogP contribution in [-0.4, -0.2) is 26.6 Å². The Bertz CT molecular complexity index is 1210. The third kappa shape index (κ3) is 4.59. The van der Waals surface area contributed by atoms with Crippen molar-refractivity contribution in [1.29, 1.82) is 0 Å². The quantitative estimate of drug-likeness (QED) is 0.220. The Morgan fingerprint density at radius 2 is 0.694 bits per heavy atom. The Morgan fingerprint density at radius 1 is 0.417 bits per heavy atom. The summed E-state index contributed by atoms with van der Waals surface area (Å²) in [6.07, 6.45) is 0. The highest BCUT2D eigenvalue weighted by Crippen LogP contribution is 2.19. The summed E-state index contributed by atoms with van der Waals surface area (Å²) in [5, 5.41) is 5.84. The van der Waals surface area contributed by atoms with Crippen LogP contribution in [0.3, 0.4) is 0 Å². The number of benzene rings is 5. The van der Waals surface area contributed by atoms with Gasteiger partial charge in [0.2, 0.25) is 9.76 Å². The monoisotopic (exact) mass is 516 g/mol. The van der Waals surface area contributed by atoms with Crippen LogP contribution in [0.1, 0.15) is 0 Å². The van der Waals surface area contributed by atoms with Crippen molar-refractivity contribution in [2.45, 2.75) is 6.55 Å². The fourth-order valence-electron chi connectivity index (χ4n) is 4.79. The molecule has 0 saturated carbocycles. The van der Waals surface area contributed by atoms with Crippen molar-refractivity contribution < 1.29 is 8.23 Å². The van der Waals surface area contributed by atoms with Crippen LogP contribution in [0.5, 0.6) is 0 Å². The molecule has 5 rings (SSSR count). The molecule has 0 bridgehead atoms. The average molecular weight is 517 g/mol. The molecule has 0 aliphatic heterocycles. The molecule has 5 heteroatoms. The summed E-state index contributed by atoms with van der Waals surface area (Å²) in [6.45, 7) is 2.09. The fourth-order valence-corrected chi connectivity index (χ4v) is 16.1. The standard InChI is InChI=1S/C31H28O2Si3/c1-34-32-36(30-23-13-5-14-24-30,31-25-15-6-16-26-31)33-35(27-17-7-2-8-18-27,28-19-9-3-10-20-28)29-21-11-4-12-22-29/h2-26H,1H3. The van der Waals surface area contributed by atoms with E-state index in [-0.39, 0.29) is 9.76 Å². The highest BCUT2D eigenvalue weighted by Gasteiger charge is 2.53. The molecule has 176 valence electrons. The highest BCUT2D eigenvalue weighted by atomic mass is 28.5. The fraction of sp³-hybridized carbons (Fsp3) is 0.0323. The van der Waals surface area contributed by atoms with E-state index in [4.69, 9.17) is 8.23 Å². The smallest absolute Gasteiger partial charge is 0.387 e. The lowest BCUT2D eigenvalue weighted by Gasteiger charge is -2.42. The topological polar surface area (TPSA) is 18.5 Å². The summed E-state index contributed by atoms with van der Waals surface area (Å²) < 4.78 is 14.8. The summed E-state index contributed by atoms with van der Waals surface area (Å²) >= 11 is 0. The molecular formula is C31H28O2Si3. The minimum Gasteiger partial charge on any atom is -0.430 e. The first-order valence-electron chi connectivity index (χ1n) is 12.1. The molecule has 5 aromatic carbocycles. The van der Waals surface area contributed by atoms with Gasteiger partial charge in [-0.1, -0.05) is 152 Å². The minimum atomic E-state index is -3.16. The van der Waals surface area contributed by atoms with Crippen molar-refractivity contribution in [1.82, 2.24) is 0 Å². The van der Waals surface area contributed by atoms with Gasteiger partial charge in [0.15, 0.2) is 0 Å². The molecule has 0 amide bonds. The number of rotatable bonds is 9. The van der Waals surface area contributed by atoms with E-state index in [0.717, 1.165) is 10.4 Å². The second-order valence-corrected chi connectivity index (χ2v) is 16.1. The van der Waals surface area contributed by atoms with Gasteiger partial charge in [-0.3, -0.25) is 0 Å². The lowest BCUT2D eigenvalue weighted by Crippen LogP contribution is -2.78.